The van der Waals surface area contributed by atoms with E-state index >= 15 is 0 Å². The molecule has 5 nitrogen and oxygen atoms in total. The minimum atomic E-state index is 0.252. The van der Waals surface area contributed by atoms with Crippen molar-refractivity contribution >= 4 is 11.6 Å². The number of carbonyl (C=O) groups is 1. The van der Waals surface area contributed by atoms with Crippen LogP contribution in [0.3, 0.4) is 0 Å². The predicted molar refractivity (Wildman–Crippen MR) is 74.0 cm³/mol. The first kappa shape index (κ1) is 13.5. The summed E-state index contributed by atoms with van der Waals surface area (Å²) < 4.78 is 0. The molecule has 1 fully saturated rings. The lowest BCUT2D eigenvalue weighted by atomic mass is 10.2. The van der Waals surface area contributed by atoms with Crippen LogP contribution in [0.5, 0.6) is 0 Å². The van der Waals surface area contributed by atoms with Gasteiger partial charge in [0.05, 0.1) is 18.8 Å². The van der Waals surface area contributed by atoms with E-state index in [4.69, 9.17) is 0 Å². The summed E-state index contributed by atoms with van der Waals surface area (Å²) >= 11 is 0. The van der Waals surface area contributed by atoms with E-state index < -0.39 is 0 Å². The molecule has 0 aromatic heterocycles. The van der Waals surface area contributed by atoms with Crippen molar-refractivity contribution in [3.05, 3.63) is 30.3 Å². The lowest BCUT2D eigenvalue weighted by molar-refractivity contribution is -0.133. The van der Waals surface area contributed by atoms with E-state index in [0.717, 1.165) is 38.3 Å². The lowest BCUT2D eigenvalue weighted by Gasteiger charge is -2.32. The summed E-state index contributed by atoms with van der Waals surface area (Å²) in [5, 5.41) is 10.3. The molecule has 0 radical (unpaired) electrons. The van der Waals surface area contributed by atoms with E-state index in [1.165, 1.54) is 0 Å². The molecule has 1 aromatic carbocycles. The number of rotatable bonds is 4. The largest absolute Gasteiger partial charge is 0.339 e. The smallest absolute Gasteiger partial charge is 0.222 e. The molecule has 0 unspecified atom stereocenters. The van der Waals surface area contributed by atoms with E-state index in [1.807, 2.05) is 47.2 Å². The van der Waals surface area contributed by atoms with Crippen LogP contribution in [-0.4, -0.2) is 42.0 Å². The molecule has 0 bridgehead atoms. The van der Waals surface area contributed by atoms with Crippen molar-refractivity contribution in [2.24, 2.45) is 10.3 Å². The van der Waals surface area contributed by atoms with Gasteiger partial charge in [0.1, 0.15) is 0 Å². The zero-order valence-corrected chi connectivity index (χ0v) is 11.3. The fraction of sp³-hybridized carbons (Fsp3) is 0.500. The molecule has 0 aliphatic carbocycles. The Morgan fingerprint density at radius 3 is 2.47 bits per heavy atom. The van der Waals surface area contributed by atoms with Gasteiger partial charge in [0.25, 0.3) is 0 Å². The molecular formula is C14H20N4O. The van der Waals surface area contributed by atoms with Crippen LogP contribution in [0.1, 0.15) is 19.8 Å². The Balaban J connectivity index is 1.80. The van der Waals surface area contributed by atoms with Gasteiger partial charge in [0.15, 0.2) is 0 Å². The van der Waals surface area contributed by atoms with Gasteiger partial charge in [-0.2, -0.15) is 0 Å². The van der Waals surface area contributed by atoms with Crippen LogP contribution >= 0.6 is 0 Å². The summed E-state index contributed by atoms with van der Waals surface area (Å²) in [6, 6.07) is 9.68. The average Bonchev–Trinajstić information content (AvgIpc) is 2.47. The molecule has 1 aliphatic heterocycles. The highest BCUT2D eigenvalue weighted by Gasteiger charge is 2.19. The zero-order valence-electron chi connectivity index (χ0n) is 11.3. The van der Waals surface area contributed by atoms with E-state index in [-0.39, 0.29) is 5.91 Å². The Hall–Kier alpha value is -1.91. The van der Waals surface area contributed by atoms with Gasteiger partial charge < -0.3 is 4.90 Å². The molecule has 0 spiro atoms. The van der Waals surface area contributed by atoms with Crippen molar-refractivity contribution in [2.45, 2.75) is 19.8 Å². The standard InChI is InChI=1S/C14H20N4O/c1-2-6-14(19)17-9-11-18(12-10-17)16-15-13-7-4-3-5-8-13/h3-5,7-8H,2,6,9-12H2,1H3. The average molecular weight is 260 g/mol. The quantitative estimate of drug-likeness (QED) is 0.781. The van der Waals surface area contributed by atoms with E-state index in [9.17, 15) is 4.79 Å². The van der Waals surface area contributed by atoms with Gasteiger partial charge in [-0.25, -0.2) is 0 Å². The predicted octanol–water partition coefficient (Wildman–Crippen LogP) is 2.63. The first-order chi connectivity index (χ1) is 9.29. The normalized spacial score (nSPS) is 16.1. The van der Waals surface area contributed by atoms with Crippen molar-refractivity contribution in [3.63, 3.8) is 0 Å². The van der Waals surface area contributed by atoms with Gasteiger partial charge in [-0.3, -0.25) is 9.80 Å². The van der Waals surface area contributed by atoms with Crippen molar-refractivity contribution in [1.29, 1.82) is 0 Å². The molecule has 5 heteroatoms. The Kier molecular flexibility index (Phi) is 4.89. The maximum absolute atomic E-state index is 11.7. The molecule has 1 aliphatic rings. The van der Waals surface area contributed by atoms with Crippen molar-refractivity contribution < 1.29 is 4.79 Å². The van der Waals surface area contributed by atoms with Gasteiger partial charge in [-0.05, 0) is 18.6 Å². The van der Waals surface area contributed by atoms with Crippen LogP contribution in [0.4, 0.5) is 5.69 Å². The number of hydrogen-bond acceptors (Lipinski definition) is 3. The fourth-order valence-electron chi connectivity index (χ4n) is 2.02. The Labute approximate surface area is 113 Å². The minimum Gasteiger partial charge on any atom is -0.339 e. The van der Waals surface area contributed by atoms with E-state index in [2.05, 4.69) is 10.3 Å². The van der Waals surface area contributed by atoms with Crippen LogP contribution in [0, 0.1) is 0 Å². The monoisotopic (exact) mass is 260 g/mol. The van der Waals surface area contributed by atoms with Crippen LogP contribution in [0.2, 0.25) is 0 Å². The molecule has 0 N–H and O–H groups in total. The molecule has 1 saturated heterocycles. The molecule has 0 saturated carbocycles. The summed E-state index contributed by atoms with van der Waals surface area (Å²) in [5.41, 5.74) is 0.854. The van der Waals surface area contributed by atoms with E-state index in [1.54, 1.807) is 0 Å². The topological polar surface area (TPSA) is 48.3 Å². The maximum atomic E-state index is 11.7. The maximum Gasteiger partial charge on any atom is 0.222 e. The second-order valence-electron chi connectivity index (χ2n) is 4.61. The fourth-order valence-corrected chi connectivity index (χ4v) is 2.02. The highest BCUT2D eigenvalue weighted by atomic mass is 16.2. The van der Waals surface area contributed by atoms with Gasteiger partial charge in [-0.15, -0.1) is 5.11 Å². The summed E-state index contributed by atoms with van der Waals surface area (Å²) in [7, 11) is 0. The molecule has 2 rings (SSSR count). The zero-order chi connectivity index (χ0) is 13.5. The van der Waals surface area contributed by atoms with E-state index in [0.29, 0.717) is 6.42 Å². The highest BCUT2D eigenvalue weighted by Crippen LogP contribution is 2.12. The summed E-state index contributed by atoms with van der Waals surface area (Å²) in [6.45, 7) is 5.03. The second kappa shape index (κ2) is 6.87. The Morgan fingerprint density at radius 2 is 1.84 bits per heavy atom. The molecule has 1 aromatic rings. The Bertz CT molecular complexity index is 424. The first-order valence-corrected chi connectivity index (χ1v) is 6.79. The van der Waals surface area contributed by atoms with Crippen molar-refractivity contribution in [2.75, 3.05) is 26.2 Å². The molecular weight excluding hydrogens is 240 g/mol. The van der Waals surface area contributed by atoms with Gasteiger partial charge in [-0.1, -0.05) is 30.3 Å². The minimum absolute atomic E-state index is 0.252. The third-order valence-electron chi connectivity index (χ3n) is 3.12. The van der Waals surface area contributed by atoms with Crippen LogP contribution < -0.4 is 0 Å². The number of benzene rings is 1. The Morgan fingerprint density at radius 1 is 1.16 bits per heavy atom. The number of nitrogens with zero attached hydrogens (tertiary/aromatic N) is 4. The molecule has 1 amide bonds. The SMILES string of the molecule is CCCC(=O)N1CCN(N=Nc2ccccc2)CC1. The van der Waals surface area contributed by atoms with Gasteiger partial charge >= 0.3 is 0 Å². The number of hydrogen-bond donors (Lipinski definition) is 0. The first-order valence-electron chi connectivity index (χ1n) is 6.79. The second-order valence-corrected chi connectivity index (χ2v) is 4.61. The summed E-state index contributed by atoms with van der Waals surface area (Å²) in [6.07, 6.45) is 1.55. The van der Waals surface area contributed by atoms with Crippen LogP contribution in [0.15, 0.2) is 40.7 Å². The number of amides is 1. The van der Waals surface area contributed by atoms with Crippen molar-refractivity contribution in [1.82, 2.24) is 9.91 Å². The molecule has 1 heterocycles. The van der Waals surface area contributed by atoms with Gasteiger partial charge in [0.2, 0.25) is 5.91 Å². The molecule has 102 valence electrons. The van der Waals surface area contributed by atoms with Crippen LogP contribution in [0.25, 0.3) is 0 Å². The third kappa shape index (κ3) is 4.05. The number of carbonyl (C=O) groups excluding carboxylic acids is 1. The van der Waals surface area contributed by atoms with Gasteiger partial charge in [0, 0.05) is 19.5 Å². The molecule has 19 heavy (non-hydrogen) atoms. The number of piperazine rings is 1. The van der Waals surface area contributed by atoms with Crippen molar-refractivity contribution in [3.8, 4) is 0 Å². The van der Waals surface area contributed by atoms with Crippen LogP contribution in [-0.2, 0) is 4.79 Å². The summed E-state index contributed by atoms with van der Waals surface area (Å²) in [4.78, 5) is 13.7. The highest BCUT2D eigenvalue weighted by molar-refractivity contribution is 5.76. The lowest BCUT2D eigenvalue weighted by Crippen LogP contribution is -2.46. The molecule has 0 atom stereocenters. The summed E-state index contributed by atoms with van der Waals surface area (Å²) in [5.74, 6) is 0.252. The third-order valence-corrected chi connectivity index (χ3v) is 3.12.